The Hall–Kier alpha value is -4.20. The van der Waals surface area contributed by atoms with Crippen molar-refractivity contribution in [1.29, 1.82) is 0 Å². The number of para-hydroxylation sites is 1. The van der Waals surface area contributed by atoms with Gasteiger partial charge in [0.2, 0.25) is 0 Å². The Labute approximate surface area is 262 Å². The number of esters is 4. The molecule has 2 aromatic rings. The number of carbonyl (C=O) groups is 5. The number of thioether (sulfide) groups is 1. The number of halogens is 1. The van der Waals surface area contributed by atoms with Crippen LogP contribution in [0.15, 0.2) is 65.3 Å². The Kier molecular flexibility index (Phi) is 10.8. The Morgan fingerprint density at radius 2 is 1.45 bits per heavy atom. The summed E-state index contributed by atoms with van der Waals surface area (Å²) in [6.07, 6.45) is -3.64. The minimum absolute atomic E-state index is 0.0649. The van der Waals surface area contributed by atoms with Crippen LogP contribution in [0.25, 0.3) is 6.08 Å². The van der Waals surface area contributed by atoms with E-state index in [-0.39, 0.29) is 17.5 Å². The van der Waals surface area contributed by atoms with Crippen molar-refractivity contribution < 1.29 is 47.7 Å². The molecular formula is C30H29ClN2O10S. The molecule has 2 aliphatic heterocycles. The van der Waals surface area contributed by atoms with E-state index in [0.29, 0.717) is 16.3 Å². The molecule has 44 heavy (non-hydrogen) atoms. The highest BCUT2D eigenvalue weighted by Crippen LogP contribution is 2.39. The second-order valence-electron chi connectivity index (χ2n) is 9.61. The Morgan fingerprint density at radius 1 is 0.864 bits per heavy atom. The number of benzene rings is 2. The monoisotopic (exact) mass is 644 g/mol. The SMILES string of the molecule is CC(=O)OC[C@@H]1O[C@H](SC2=N/C(=C/c3ccccc3Cl)C(=O)N2c2ccccc2)[C@H](OC(C)=O)[C@H](OC(C)=O)[C@H]1OC(C)=O. The fraction of sp³-hybridized carbons (Fsp3) is 0.333. The highest BCUT2D eigenvalue weighted by atomic mass is 35.5. The van der Waals surface area contributed by atoms with Crippen LogP contribution in [-0.4, -0.2) is 71.4 Å². The fourth-order valence-electron chi connectivity index (χ4n) is 4.51. The van der Waals surface area contributed by atoms with Crippen molar-refractivity contribution in [3.8, 4) is 0 Å². The molecule has 0 unspecified atom stereocenters. The van der Waals surface area contributed by atoms with Gasteiger partial charge >= 0.3 is 23.9 Å². The summed E-state index contributed by atoms with van der Waals surface area (Å²) in [7, 11) is 0. The van der Waals surface area contributed by atoms with Crippen molar-refractivity contribution in [2.24, 2.45) is 4.99 Å². The zero-order chi connectivity index (χ0) is 32.0. The molecule has 1 amide bonds. The lowest BCUT2D eigenvalue weighted by Crippen LogP contribution is -2.61. The van der Waals surface area contributed by atoms with Gasteiger partial charge in [0, 0.05) is 32.7 Å². The van der Waals surface area contributed by atoms with E-state index in [0.717, 1.165) is 32.5 Å². The van der Waals surface area contributed by atoms with Crippen LogP contribution in [0.2, 0.25) is 5.02 Å². The maximum Gasteiger partial charge on any atom is 0.303 e. The molecule has 5 atom stereocenters. The average Bonchev–Trinajstić information content (AvgIpc) is 3.25. The first-order valence-electron chi connectivity index (χ1n) is 13.4. The normalized spacial score (nSPS) is 24.0. The Morgan fingerprint density at radius 3 is 2.07 bits per heavy atom. The van der Waals surface area contributed by atoms with E-state index in [1.165, 1.54) is 11.8 Å². The summed E-state index contributed by atoms with van der Waals surface area (Å²) >= 11 is 7.24. The van der Waals surface area contributed by atoms with E-state index in [4.69, 9.17) is 35.3 Å². The third kappa shape index (κ3) is 8.04. The molecule has 12 nitrogen and oxygen atoms in total. The van der Waals surface area contributed by atoms with Crippen molar-refractivity contribution in [3.63, 3.8) is 0 Å². The van der Waals surface area contributed by atoms with E-state index in [9.17, 15) is 24.0 Å². The summed E-state index contributed by atoms with van der Waals surface area (Å²) in [6.45, 7) is 4.22. The van der Waals surface area contributed by atoms with Crippen LogP contribution in [0, 0.1) is 0 Å². The van der Waals surface area contributed by atoms with E-state index in [1.54, 1.807) is 60.7 Å². The van der Waals surface area contributed by atoms with Crippen molar-refractivity contribution in [2.45, 2.75) is 57.5 Å². The Bertz CT molecular complexity index is 1500. The van der Waals surface area contributed by atoms with Crippen molar-refractivity contribution in [3.05, 3.63) is 70.9 Å². The molecule has 2 aromatic carbocycles. The highest BCUT2D eigenvalue weighted by Gasteiger charge is 2.53. The molecule has 1 fully saturated rings. The van der Waals surface area contributed by atoms with Gasteiger partial charge in [-0.25, -0.2) is 4.99 Å². The van der Waals surface area contributed by atoms with Crippen LogP contribution in [0.5, 0.6) is 0 Å². The van der Waals surface area contributed by atoms with E-state index >= 15 is 0 Å². The second kappa shape index (κ2) is 14.5. The maximum atomic E-state index is 13.7. The molecule has 0 saturated carbocycles. The molecule has 0 aromatic heterocycles. The summed E-state index contributed by atoms with van der Waals surface area (Å²) in [5, 5.41) is 0.551. The zero-order valence-corrected chi connectivity index (χ0v) is 25.7. The molecule has 2 aliphatic rings. The second-order valence-corrected chi connectivity index (χ2v) is 11.1. The number of aliphatic imine (C=N–C) groups is 1. The highest BCUT2D eigenvalue weighted by molar-refractivity contribution is 8.14. The summed E-state index contributed by atoms with van der Waals surface area (Å²) < 4.78 is 27.9. The van der Waals surface area contributed by atoms with Crippen LogP contribution < -0.4 is 4.90 Å². The number of amidine groups is 1. The van der Waals surface area contributed by atoms with Gasteiger partial charge in [0.25, 0.3) is 5.91 Å². The maximum absolute atomic E-state index is 13.7. The van der Waals surface area contributed by atoms with Gasteiger partial charge < -0.3 is 23.7 Å². The van der Waals surface area contributed by atoms with Crippen LogP contribution in [0.4, 0.5) is 5.69 Å². The lowest BCUT2D eigenvalue weighted by atomic mass is 9.99. The molecule has 232 valence electrons. The third-order valence-corrected chi connectivity index (χ3v) is 7.65. The molecule has 0 aliphatic carbocycles. The number of hydrogen-bond acceptors (Lipinski definition) is 12. The van der Waals surface area contributed by atoms with Gasteiger partial charge in [-0.1, -0.05) is 59.8 Å². The van der Waals surface area contributed by atoms with E-state index in [1.807, 2.05) is 0 Å². The number of hydrogen-bond donors (Lipinski definition) is 0. The standard InChI is InChI=1S/C30H29ClN2O10S/c1-16(34)39-15-24-25(40-17(2)35)26(41-18(3)36)27(42-19(4)37)29(43-24)44-30-32-23(14-20-10-8-9-13-22(20)31)28(38)33(30)21-11-6-5-7-12-21/h5-14,24-27,29H,15H2,1-4H3/b23-14+/t24-,25-,26+,27+,29+/m0/s1. The lowest BCUT2D eigenvalue weighted by Gasteiger charge is -2.44. The van der Waals surface area contributed by atoms with E-state index < -0.39 is 59.6 Å². The summed E-state index contributed by atoms with van der Waals surface area (Å²) in [5.41, 5.74) is -0.0760. The van der Waals surface area contributed by atoms with Crippen molar-refractivity contribution in [2.75, 3.05) is 11.5 Å². The predicted octanol–water partition coefficient (Wildman–Crippen LogP) is 3.90. The Balaban J connectivity index is 1.79. The predicted molar refractivity (Wildman–Crippen MR) is 160 cm³/mol. The van der Waals surface area contributed by atoms with Crippen LogP contribution in [0.1, 0.15) is 33.3 Å². The summed E-state index contributed by atoms with van der Waals surface area (Å²) in [6, 6.07) is 15.6. The fourth-order valence-corrected chi connectivity index (χ4v) is 5.89. The van der Waals surface area contributed by atoms with Crippen LogP contribution >= 0.6 is 23.4 Å². The largest absolute Gasteiger partial charge is 0.463 e. The average molecular weight is 645 g/mol. The molecule has 0 spiro atoms. The van der Waals surface area contributed by atoms with Gasteiger partial charge in [-0.2, -0.15) is 0 Å². The number of carbonyl (C=O) groups excluding carboxylic acids is 5. The smallest absolute Gasteiger partial charge is 0.303 e. The van der Waals surface area contributed by atoms with Crippen molar-refractivity contribution in [1.82, 2.24) is 0 Å². The molecule has 0 N–H and O–H groups in total. The van der Waals surface area contributed by atoms with Crippen molar-refractivity contribution >= 4 is 70.1 Å². The molecule has 0 radical (unpaired) electrons. The molecule has 1 saturated heterocycles. The molecule has 4 rings (SSSR count). The number of amides is 1. The quantitative estimate of drug-likeness (QED) is 0.234. The zero-order valence-electron chi connectivity index (χ0n) is 24.1. The summed E-state index contributed by atoms with van der Waals surface area (Å²) in [4.78, 5) is 67.8. The minimum Gasteiger partial charge on any atom is -0.463 e. The topological polar surface area (TPSA) is 147 Å². The molecule has 0 bridgehead atoms. The van der Waals surface area contributed by atoms with Gasteiger partial charge in [-0.05, 0) is 29.8 Å². The number of rotatable bonds is 8. The molecule has 14 heteroatoms. The summed E-state index contributed by atoms with van der Waals surface area (Å²) in [5.74, 6) is -3.35. The third-order valence-electron chi connectivity index (χ3n) is 6.21. The van der Waals surface area contributed by atoms with Gasteiger partial charge in [-0.3, -0.25) is 28.9 Å². The van der Waals surface area contributed by atoms with Crippen LogP contribution in [0.3, 0.4) is 0 Å². The number of ether oxygens (including phenoxy) is 5. The molecule has 2 heterocycles. The van der Waals surface area contributed by atoms with E-state index in [2.05, 4.69) is 4.99 Å². The molecular weight excluding hydrogens is 616 g/mol. The van der Waals surface area contributed by atoms with Gasteiger partial charge in [0.1, 0.15) is 18.4 Å². The number of nitrogens with zero attached hydrogens (tertiary/aromatic N) is 2. The van der Waals surface area contributed by atoms with Gasteiger partial charge in [0.05, 0.1) is 5.69 Å². The first-order chi connectivity index (χ1) is 20.9. The number of anilines is 1. The lowest BCUT2D eigenvalue weighted by molar-refractivity contribution is -0.237. The first kappa shape index (κ1) is 32.7. The minimum atomic E-state index is -1.37. The first-order valence-corrected chi connectivity index (χ1v) is 14.6. The van der Waals surface area contributed by atoms with Gasteiger partial charge in [-0.15, -0.1) is 0 Å². The van der Waals surface area contributed by atoms with Gasteiger partial charge in [0.15, 0.2) is 28.9 Å². The van der Waals surface area contributed by atoms with Crippen LogP contribution in [-0.2, 0) is 47.7 Å².